The molecule has 0 N–H and O–H groups in total. The molecule has 0 saturated carbocycles. The Hall–Kier alpha value is -2.34. The first kappa shape index (κ1) is 18.5. The Morgan fingerprint density at radius 2 is 1.85 bits per heavy atom. The van der Waals surface area contributed by atoms with Gasteiger partial charge in [0.1, 0.15) is 0 Å². The summed E-state index contributed by atoms with van der Waals surface area (Å²) in [5, 5.41) is 9.21. The van der Waals surface area contributed by atoms with E-state index in [4.69, 9.17) is 4.42 Å². The molecule has 0 aliphatic heterocycles. The molecule has 2 aromatic heterocycles. The molecule has 3 aromatic rings. The quantitative estimate of drug-likeness (QED) is 0.463. The Labute approximate surface area is 157 Å². The molecule has 0 fully saturated rings. The number of Topliss-reactive ketones (excluding diaryl/α,β-unsaturated/α-hetero) is 1. The zero-order valence-electron chi connectivity index (χ0n) is 15.8. The number of carbonyl (C=O) groups is 1. The maximum absolute atomic E-state index is 12.9. The normalized spacial score (nSPS) is 11.1. The van der Waals surface area contributed by atoms with Crippen molar-refractivity contribution in [2.75, 3.05) is 5.75 Å². The largest absolute Gasteiger partial charge is 0.461 e. The van der Waals surface area contributed by atoms with Crippen LogP contribution in [0, 0.1) is 27.7 Å². The van der Waals surface area contributed by atoms with Crippen LogP contribution in [-0.2, 0) is 6.54 Å². The van der Waals surface area contributed by atoms with Gasteiger partial charge in [-0.3, -0.25) is 9.36 Å². The van der Waals surface area contributed by atoms with E-state index in [1.54, 1.807) is 6.26 Å². The summed E-state index contributed by atoms with van der Waals surface area (Å²) in [5.74, 6) is 1.83. The molecule has 5 nitrogen and oxygen atoms in total. The Bertz CT molecular complexity index is 916. The second-order valence-electron chi connectivity index (χ2n) is 6.37. The topological polar surface area (TPSA) is 60.9 Å². The van der Waals surface area contributed by atoms with Crippen LogP contribution in [0.4, 0.5) is 0 Å². The summed E-state index contributed by atoms with van der Waals surface area (Å²) in [7, 11) is 0. The lowest BCUT2D eigenvalue weighted by atomic mass is 9.92. The SMILES string of the molecule is CCn1c(SCC(=O)c2c(C)c(C)cc(C)c2C)nnc1-c1ccco1. The number of aryl methyl sites for hydroxylation is 2. The minimum Gasteiger partial charge on any atom is -0.461 e. The van der Waals surface area contributed by atoms with E-state index in [1.807, 2.05) is 37.5 Å². The van der Waals surface area contributed by atoms with Crippen molar-refractivity contribution in [3.63, 3.8) is 0 Å². The van der Waals surface area contributed by atoms with Gasteiger partial charge in [-0.15, -0.1) is 10.2 Å². The lowest BCUT2D eigenvalue weighted by molar-refractivity contribution is 0.102. The zero-order valence-corrected chi connectivity index (χ0v) is 16.6. The van der Waals surface area contributed by atoms with Crippen LogP contribution < -0.4 is 0 Å². The molecule has 0 bridgehead atoms. The summed E-state index contributed by atoms with van der Waals surface area (Å²) >= 11 is 1.42. The molecule has 136 valence electrons. The molecular formula is C20H23N3O2S. The Balaban J connectivity index is 1.83. The smallest absolute Gasteiger partial charge is 0.200 e. The van der Waals surface area contributed by atoms with Gasteiger partial charge in [-0.1, -0.05) is 17.8 Å². The van der Waals surface area contributed by atoms with E-state index in [-0.39, 0.29) is 5.78 Å². The van der Waals surface area contributed by atoms with Crippen molar-refractivity contribution < 1.29 is 9.21 Å². The summed E-state index contributed by atoms with van der Waals surface area (Å²) in [6, 6.07) is 5.82. The van der Waals surface area contributed by atoms with E-state index in [2.05, 4.69) is 30.1 Å². The van der Waals surface area contributed by atoms with E-state index < -0.39 is 0 Å². The van der Waals surface area contributed by atoms with Gasteiger partial charge in [0.25, 0.3) is 0 Å². The van der Waals surface area contributed by atoms with E-state index in [1.165, 1.54) is 11.8 Å². The average molecular weight is 369 g/mol. The number of nitrogens with zero attached hydrogens (tertiary/aromatic N) is 3. The molecule has 2 heterocycles. The van der Waals surface area contributed by atoms with Crippen LogP contribution in [0.25, 0.3) is 11.6 Å². The third-order valence-corrected chi connectivity index (χ3v) is 5.72. The number of benzene rings is 1. The van der Waals surface area contributed by atoms with Crippen molar-refractivity contribution >= 4 is 17.5 Å². The van der Waals surface area contributed by atoms with Crippen LogP contribution in [-0.4, -0.2) is 26.3 Å². The van der Waals surface area contributed by atoms with Crippen molar-refractivity contribution in [2.45, 2.75) is 46.3 Å². The monoisotopic (exact) mass is 369 g/mol. The molecule has 0 saturated heterocycles. The minimum absolute atomic E-state index is 0.127. The molecule has 6 heteroatoms. The molecule has 0 atom stereocenters. The Kier molecular flexibility index (Phi) is 5.32. The lowest BCUT2D eigenvalue weighted by Crippen LogP contribution is -2.10. The van der Waals surface area contributed by atoms with Gasteiger partial charge in [-0.25, -0.2) is 0 Å². The highest BCUT2D eigenvalue weighted by atomic mass is 32.2. The minimum atomic E-state index is 0.127. The van der Waals surface area contributed by atoms with Gasteiger partial charge in [0, 0.05) is 12.1 Å². The van der Waals surface area contributed by atoms with Crippen LogP contribution in [0.1, 0.15) is 39.5 Å². The predicted octanol–water partition coefficient (Wildman–Crippen LogP) is 4.77. The molecule has 0 aliphatic carbocycles. The summed E-state index contributed by atoms with van der Waals surface area (Å²) in [6.07, 6.45) is 1.62. The maximum atomic E-state index is 12.9. The molecule has 1 aromatic carbocycles. The fourth-order valence-electron chi connectivity index (χ4n) is 3.11. The number of carbonyl (C=O) groups excluding carboxylic acids is 1. The van der Waals surface area contributed by atoms with Crippen molar-refractivity contribution in [3.05, 3.63) is 52.3 Å². The third kappa shape index (κ3) is 3.33. The van der Waals surface area contributed by atoms with Crippen LogP contribution in [0.3, 0.4) is 0 Å². The second-order valence-corrected chi connectivity index (χ2v) is 7.32. The molecule has 0 radical (unpaired) electrons. The van der Waals surface area contributed by atoms with Gasteiger partial charge in [0.2, 0.25) is 0 Å². The third-order valence-electron chi connectivity index (χ3n) is 4.75. The average Bonchev–Trinajstić information content (AvgIpc) is 3.27. The number of thioether (sulfide) groups is 1. The van der Waals surface area contributed by atoms with Crippen LogP contribution in [0.15, 0.2) is 34.0 Å². The van der Waals surface area contributed by atoms with Crippen molar-refractivity contribution in [1.29, 1.82) is 0 Å². The highest BCUT2D eigenvalue weighted by molar-refractivity contribution is 7.99. The van der Waals surface area contributed by atoms with Crippen LogP contribution >= 0.6 is 11.8 Å². The zero-order chi connectivity index (χ0) is 18.8. The summed E-state index contributed by atoms with van der Waals surface area (Å²) < 4.78 is 7.40. The first-order valence-corrected chi connectivity index (χ1v) is 9.63. The molecule has 0 unspecified atom stereocenters. The fraction of sp³-hybridized carbons (Fsp3) is 0.350. The Morgan fingerprint density at radius 3 is 2.42 bits per heavy atom. The van der Waals surface area contributed by atoms with Gasteiger partial charge in [-0.05, 0) is 69.0 Å². The fourth-order valence-corrected chi connectivity index (χ4v) is 3.98. The van der Waals surface area contributed by atoms with Gasteiger partial charge in [0.05, 0.1) is 12.0 Å². The number of rotatable bonds is 6. The van der Waals surface area contributed by atoms with E-state index in [9.17, 15) is 4.79 Å². The second kappa shape index (κ2) is 7.50. The van der Waals surface area contributed by atoms with Gasteiger partial charge in [0.15, 0.2) is 22.5 Å². The molecule has 0 amide bonds. The van der Waals surface area contributed by atoms with Crippen molar-refractivity contribution in [1.82, 2.24) is 14.8 Å². The van der Waals surface area contributed by atoms with Gasteiger partial charge in [-0.2, -0.15) is 0 Å². The molecule has 3 rings (SSSR count). The van der Waals surface area contributed by atoms with E-state index >= 15 is 0 Å². The summed E-state index contributed by atoms with van der Waals surface area (Å²) in [6.45, 7) is 10.9. The number of hydrogen-bond donors (Lipinski definition) is 0. The predicted molar refractivity (Wildman–Crippen MR) is 104 cm³/mol. The Morgan fingerprint density at radius 1 is 1.15 bits per heavy atom. The van der Waals surface area contributed by atoms with Crippen molar-refractivity contribution in [2.24, 2.45) is 0 Å². The van der Waals surface area contributed by atoms with Crippen molar-refractivity contribution in [3.8, 4) is 11.6 Å². The molecule has 0 spiro atoms. The highest BCUT2D eigenvalue weighted by Crippen LogP contribution is 2.27. The number of hydrogen-bond acceptors (Lipinski definition) is 5. The first-order valence-electron chi connectivity index (χ1n) is 8.64. The maximum Gasteiger partial charge on any atom is 0.200 e. The molecular weight excluding hydrogens is 346 g/mol. The molecule has 0 aliphatic rings. The van der Waals surface area contributed by atoms with E-state index in [0.717, 1.165) is 33.0 Å². The summed E-state index contributed by atoms with van der Waals surface area (Å²) in [4.78, 5) is 12.9. The van der Waals surface area contributed by atoms with Gasteiger partial charge >= 0.3 is 0 Å². The molecule has 26 heavy (non-hydrogen) atoms. The summed E-state index contributed by atoms with van der Waals surface area (Å²) in [5.41, 5.74) is 5.26. The van der Waals surface area contributed by atoms with E-state index in [0.29, 0.717) is 23.9 Å². The lowest BCUT2D eigenvalue weighted by Gasteiger charge is -2.14. The number of furan rings is 1. The number of ketones is 1. The first-order chi connectivity index (χ1) is 12.4. The number of aromatic nitrogens is 3. The standard InChI is InChI=1S/C20H23N3O2S/c1-6-23-19(17-8-7-9-25-17)21-22-20(23)26-11-16(24)18-14(4)12(2)10-13(3)15(18)5/h7-10H,6,11H2,1-5H3. The van der Waals surface area contributed by atoms with Gasteiger partial charge < -0.3 is 4.42 Å². The van der Waals surface area contributed by atoms with Crippen LogP contribution in [0.5, 0.6) is 0 Å². The highest BCUT2D eigenvalue weighted by Gasteiger charge is 2.19. The van der Waals surface area contributed by atoms with Crippen LogP contribution in [0.2, 0.25) is 0 Å².